The Morgan fingerprint density at radius 3 is 2.53 bits per heavy atom. The van der Waals surface area contributed by atoms with Gasteiger partial charge in [0.1, 0.15) is 0 Å². The Morgan fingerprint density at radius 1 is 1.21 bits per heavy atom. The number of hydrogen-bond donors (Lipinski definition) is 1. The molecule has 7 heteroatoms. The van der Waals surface area contributed by atoms with E-state index in [0.717, 1.165) is 12.1 Å². The molecule has 0 atom stereocenters. The van der Waals surface area contributed by atoms with Crippen LogP contribution in [0.3, 0.4) is 0 Å². The number of halogens is 4. The van der Waals surface area contributed by atoms with Gasteiger partial charge in [-0.2, -0.15) is 13.2 Å². The van der Waals surface area contributed by atoms with Gasteiger partial charge in [0.05, 0.1) is 5.56 Å². The smallest absolute Gasteiger partial charge is 0.416 e. The SMILES string of the molecule is O=C(Nc1cccc(C(F)(F)F)c1)c1ccc(Br)o1. The third kappa shape index (κ3) is 3.37. The molecule has 0 aliphatic heterocycles. The van der Waals surface area contributed by atoms with Gasteiger partial charge >= 0.3 is 6.18 Å². The number of carbonyl (C=O) groups is 1. The summed E-state index contributed by atoms with van der Waals surface area (Å²) < 4.78 is 42.8. The fourth-order valence-corrected chi connectivity index (χ4v) is 1.71. The second-order valence-electron chi connectivity index (χ2n) is 3.64. The number of carbonyl (C=O) groups excluding carboxylic acids is 1. The predicted molar refractivity (Wildman–Crippen MR) is 65.8 cm³/mol. The average molecular weight is 334 g/mol. The first kappa shape index (κ1) is 13.7. The minimum absolute atomic E-state index is 0.00397. The van der Waals surface area contributed by atoms with E-state index in [-0.39, 0.29) is 11.4 Å². The highest BCUT2D eigenvalue weighted by molar-refractivity contribution is 9.10. The summed E-state index contributed by atoms with van der Waals surface area (Å²) in [7, 11) is 0. The molecule has 1 aromatic carbocycles. The standard InChI is InChI=1S/C12H7BrF3NO2/c13-10-5-4-9(19-10)11(18)17-8-3-1-2-7(6-8)12(14,15)16/h1-6H,(H,17,18). The van der Waals surface area contributed by atoms with Crippen LogP contribution in [0.4, 0.5) is 18.9 Å². The largest absolute Gasteiger partial charge is 0.444 e. The Kier molecular flexibility index (Phi) is 3.66. The van der Waals surface area contributed by atoms with E-state index in [1.807, 2.05) is 0 Å². The molecule has 0 spiro atoms. The first-order chi connectivity index (χ1) is 8.86. The molecule has 0 saturated carbocycles. The maximum Gasteiger partial charge on any atom is 0.416 e. The summed E-state index contributed by atoms with van der Waals surface area (Å²) >= 11 is 3.03. The second kappa shape index (κ2) is 5.08. The molecule has 0 bridgehead atoms. The van der Waals surface area contributed by atoms with Crippen molar-refractivity contribution < 1.29 is 22.4 Å². The normalized spacial score (nSPS) is 11.4. The maximum absolute atomic E-state index is 12.5. The van der Waals surface area contributed by atoms with Gasteiger partial charge in [0.15, 0.2) is 10.4 Å². The highest BCUT2D eigenvalue weighted by Crippen LogP contribution is 2.30. The summed E-state index contributed by atoms with van der Waals surface area (Å²) in [5, 5.41) is 2.33. The van der Waals surface area contributed by atoms with Crippen LogP contribution in [0, 0.1) is 0 Å². The first-order valence-electron chi connectivity index (χ1n) is 5.10. The zero-order chi connectivity index (χ0) is 14.0. The van der Waals surface area contributed by atoms with Gasteiger partial charge in [-0.1, -0.05) is 6.07 Å². The molecule has 0 radical (unpaired) electrons. The van der Waals surface area contributed by atoms with Crippen molar-refractivity contribution in [3.05, 3.63) is 52.4 Å². The number of benzene rings is 1. The summed E-state index contributed by atoms with van der Waals surface area (Å²) in [6, 6.07) is 7.30. The Balaban J connectivity index is 2.18. The monoisotopic (exact) mass is 333 g/mol. The van der Waals surface area contributed by atoms with E-state index < -0.39 is 17.6 Å². The number of amides is 1. The number of alkyl halides is 3. The van der Waals surface area contributed by atoms with E-state index in [2.05, 4.69) is 21.2 Å². The topological polar surface area (TPSA) is 42.2 Å². The third-order valence-corrected chi connectivity index (χ3v) is 2.67. The van der Waals surface area contributed by atoms with Gasteiger partial charge < -0.3 is 9.73 Å². The van der Waals surface area contributed by atoms with Crippen LogP contribution < -0.4 is 5.32 Å². The molecule has 1 N–H and O–H groups in total. The molecule has 100 valence electrons. The molecule has 0 unspecified atom stereocenters. The molecule has 0 fully saturated rings. The van der Waals surface area contributed by atoms with Crippen LogP contribution >= 0.6 is 15.9 Å². The van der Waals surface area contributed by atoms with Crippen molar-refractivity contribution in [2.24, 2.45) is 0 Å². The predicted octanol–water partition coefficient (Wildman–Crippen LogP) is 4.31. The minimum atomic E-state index is -4.45. The lowest BCUT2D eigenvalue weighted by Gasteiger charge is -2.09. The zero-order valence-electron chi connectivity index (χ0n) is 9.29. The highest BCUT2D eigenvalue weighted by atomic mass is 79.9. The van der Waals surface area contributed by atoms with E-state index >= 15 is 0 Å². The Bertz CT molecular complexity index is 607. The molecule has 1 heterocycles. The van der Waals surface area contributed by atoms with Gasteiger partial charge in [-0.3, -0.25) is 4.79 Å². The molecule has 0 aliphatic rings. The molecular weight excluding hydrogens is 327 g/mol. The molecule has 19 heavy (non-hydrogen) atoms. The quantitative estimate of drug-likeness (QED) is 0.889. The van der Waals surface area contributed by atoms with E-state index in [1.54, 1.807) is 0 Å². The van der Waals surface area contributed by atoms with Crippen molar-refractivity contribution in [2.45, 2.75) is 6.18 Å². The van der Waals surface area contributed by atoms with Crippen molar-refractivity contribution in [1.82, 2.24) is 0 Å². The summed E-state index contributed by atoms with van der Waals surface area (Å²) in [6.45, 7) is 0. The highest BCUT2D eigenvalue weighted by Gasteiger charge is 2.30. The van der Waals surface area contributed by atoms with Crippen LogP contribution in [0.1, 0.15) is 16.1 Å². The molecule has 3 nitrogen and oxygen atoms in total. The first-order valence-corrected chi connectivity index (χ1v) is 5.89. The number of hydrogen-bond acceptors (Lipinski definition) is 2. The van der Waals surface area contributed by atoms with Crippen molar-refractivity contribution in [3.63, 3.8) is 0 Å². The van der Waals surface area contributed by atoms with Crippen molar-refractivity contribution in [3.8, 4) is 0 Å². The maximum atomic E-state index is 12.5. The molecule has 2 rings (SSSR count). The van der Waals surface area contributed by atoms with E-state index in [0.29, 0.717) is 4.67 Å². The molecular formula is C12H7BrF3NO2. The Morgan fingerprint density at radius 2 is 1.95 bits per heavy atom. The van der Waals surface area contributed by atoms with E-state index in [1.165, 1.54) is 24.3 Å². The third-order valence-electron chi connectivity index (χ3n) is 2.24. The van der Waals surface area contributed by atoms with Crippen molar-refractivity contribution in [2.75, 3.05) is 5.32 Å². The zero-order valence-corrected chi connectivity index (χ0v) is 10.9. The summed E-state index contributed by atoms with van der Waals surface area (Å²) in [4.78, 5) is 11.7. The fourth-order valence-electron chi connectivity index (χ4n) is 1.40. The number of nitrogens with one attached hydrogen (secondary N) is 1. The minimum Gasteiger partial charge on any atom is -0.444 e. The molecule has 2 aromatic rings. The van der Waals surface area contributed by atoms with Gasteiger partial charge in [0, 0.05) is 5.69 Å². The molecule has 1 aromatic heterocycles. The molecule has 0 aliphatic carbocycles. The summed E-state index contributed by atoms with van der Waals surface area (Å²) in [5.74, 6) is -0.616. The van der Waals surface area contributed by atoms with Crippen molar-refractivity contribution in [1.29, 1.82) is 0 Å². The van der Waals surface area contributed by atoms with Crippen LogP contribution in [0.15, 0.2) is 45.5 Å². The lowest BCUT2D eigenvalue weighted by molar-refractivity contribution is -0.137. The van der Waals surface area contributed by atoms with Gasteiger partial charge in [-0.15, -0.1) is 0 Å². The Hall–Kier alpha value is -1.76. The van der Waals surface area contributed by atoms with Gasteiger partial charge in [0.25, 0.3) is 5.91 Å². The lowest BCUT2D eigenvalue weighted by atomic mass is 10.2. The van der Waals surface area contributed by atoms with Crippen LogP contribution in [0.5, 0.6) is 0 Å². The summed E-state index contributed by atoms with van der Waals surface area (Å²) in [5.41, 5.74) is -0.779. The summed E-state index contributed by atoms with van der Waals surface area (Å²) in [6.07, 6.45) is -4.45. The van der Waals surface area contributed by atoms with Crippen LogP contribution in [0.25, 0.3) is 0 Å². The van der Waals surface area contributed by atoms with Gasteiger partial charge in [-0.25, -0.2) is 0 Å². The molecule has 1 amide bonds. The average Bonchev–Trinajstić information content (AvgIpc) is 2.75. The van der Waals surface area contributed by atoms with Crippen LogP contribution in [-0.4, -0.2) is 5.91 Å². The fraction of sp³-hybridized carbons (Fsp3) is 0.0833. The lowest BCUT2D eigenvalue weighted by Crippen LogP contribution is -2.12. The van der Waals surface area contributed by atoms with Gasteiger partial charge in [-0.05, 0) is 46.3 Å². The van der Waals surface area contributed by atoms with Gasteiger partial charge in [0.2, 0.25) is 0 Å². The number of rotatable bonds is 2. The molecule has 0 saturated heterocycles. The van der Waals surface area contributed by atoms with Crippen molar-refractivity contribution >= 4 is 27.5 Å². The number of anilines is 1. The van der Waals surface area contributed by atoms with Crippen LogP contribution in [0.2, 0.25) is 0 Å². The van der Waals surface area contributed by atoms with E-state index in [4.69, 9.17) is 4.42 Å². The van der Waals surface area contributed by atoms with Crippen LogP contribution in [-0.2, 0) is 6.18 Å². The number of furan rings is 1. The Labute approximate surface area is 114 Å². The van der Waals surface area contributed by atoms with E-state index in [9.17, 15) is 18.0 Å². The second-order valence-corrected chi connectivity index (χ2v) is 4.42.